The number of aliphatic imine (C=N–C) groups is 1. The number of guanidine groups is 1. The molecule has 1 aromatic rings. The number of hydrogen-bond donors (Lipinski definition) is 1. The zero-order chi connectivity index (χ0) is 27.4. The molecule has 0 amide bonds. The number of hydrogen-bond acceptors (Lipinski definition) is 6. The van der Waals surface area contributed by atoms with Crippen LogP contribution in [0.25, 0.3) is 0 Å². The van der Waals surface area contributed by atoms with Crippen LogP contribution in [0.2, 0.25) is 0 Å². The molecule has 8 nitrogen and oxygen atoms in total. The van der Waals surface area contributed by atoms with Crippen molar-refractivity contribution in [1.29, 1.82) is 0 Å². The van der Waals surface area contributed by atoms with Crippen LogP contribution >= 0.6 is 0 Å². The molecular weight excluding hydrogens is 515 g/mol. The molecule has 2 bridgehead atoms. The number of ether oxygens (including phenoxy) is 3. The number of rotatable bonds is 3. The lowest BCUT2D eigenvalue weighted by Crippen LogP contribution is -2.70. The average Bonchev–Trinajstić information content (AvgIpc) is 3.13. The van der Waals surface area contributed by atoms with Gasteiger partial charge < -0.3 is 24.4 Å². The van der Waals surface area contributed by atoms with Crippen molar-refractivity contribution in [2.45, 2.75) is 96.0 Å². The fourth-order valence-corrected chi connectivity index (χ4v) is 7.32. The maximum absolute atomic E-state index is 12.6. The van der Waals surface area contributed by atoms with E-state index in [2.05, 4.69) is 28.8 Å². The average molecular weight is 554 g/mol. The van der Waals surface area contributed by atoms with Crippen molar-refractivity contribution in [3.63, 3.8) is 0 Å². The lowest BCUT2D eigenvalue weighted by Gasteiger charge is -2.59. The Hall–Kier alpha value is -2.08. The van der Waals surface area contributed by atoms with Gasteiger partial charge >= 0.3 is 6.36 Å². The predicted octanol–water partition coefficient (Wildman–Crippen LogP) is 6.05. The van der Waals surface area contributed by atoms with Crippen LogP contribution in [0.3, 0.4) is 0 Å². The van der Waals surface area contributed by atoms with Gasteiger partial charge in [-0.1, -0.05) is 13.8 Å². The maximum Gasteiger partial charge on any atom is 0.573 e. The van der Waals surface area contributed by atoms with Gasteiger partial charge in [0.15, 0.2) is 18.1 Å². The fourth-order valence-electron chi connectivity index (χ4n) is 7.32. The van der Waals surface area contributed by atoms with Crippen molar-refractivity contribution in [1.82, 2.24) is 4.90 Å². The molecule has 0 unspecified atom stereocenters. The summed E-state index contributed by atoms with van der Waals surface area (Å²) in [5, 5.41) is 3.36. The number of halogens is 3. The molecule has 0 aromatic heterocycles. The molecule has 11 heteroatoms. The largest absolute Gasteiger partial charge is 0.573 e. The topological polar surface area (TPSA) is 73.8 Å². The molecule has 216 valence electrons. The van der Waals surface area contributed by atoms with Crippen LogP contribution in [-0.2, 0) is 19.2 Å². The Kier molecular flexibility index (Phi) is 7.01. The molecule has 1 saturated carbocycles. The zero-order valence-corrected chi connectivity index (χ0v) is 22.7. The summed E-state index contributed by atoms with van der Waals surface area (Å²) in [5.74, 6) is 0.453. The molecule has 1 aliphatic carbocycles. The minimum absolute atomic E-state index is 0.0371. The molecule has 8 atom stereocenters. The van der Waals surface area contributed by atoms with Crippen LogP contribution in [0.4, 0.5) is 18.9 Å². The van der Waals surface area contributed by atoms with Crippen molar-refractivity contribution in [2.24, 2.45) is 28.7 Å². The van der Waals surface area contributed by atoms with E-state index in [4.69, 9.17) is 24.2 Å². The molecule has 39 heavy (non-hydrogen) atoms. The summed E-state index contributed by atoms with van der Waals surface area (Å²) < 4.78 is 55.0. The van der Waals surface area contributed by atoms with Crippen LogP contribution in [0.15, 0.2) is 29.3 Å². The van der Waals surface area contributed by atoms with E-state index >= 15 is 0 Å². The number of likely N-dealkylation sites (tertiary alicyclic amines) is 1. The number of piperidine rings is 1. The number of alkyl halides is 3. The smallest absolute Gasteiger partial charge is 0.406 e. The first kappa shape index (κ1) is 27.1. The van der Waals surface area contributed by atoms with E-state index in [0.29, 0.717) is 17.6 Å². The third kappa shape index (κ3) is 5.11. The lowest BCUT2D eigenvalue weighted by molar-refractivity contribution is -0.570. The van der Waals surface area contributed by atoms with Crippen LogP contribution < -0.4 is 10.1 Å². The molecule has 0 radical (unpaired) electrons. The Morgan fingerprint density at radius 2 is 1.77 bits per heavy atom. The van der Waals surface area contributed by atoms with Crippen LogP contribution in [-0.4, -0.2) is 54.2 Å². The summed E-state index contributed by atoms with van der Waals surface area (Å²) in [5.41, 5.74) is -0.0408. The first-order valence-electron chi connectivity index (χ1n) is 14.2. The van der Waals surface area contributed by atoms with Gasteiger partial charge in [-0.3, -0.25) is 0 Å². The van der Waals surface area contributed by atoms with Gasteiger partial charge in [0, 0.05) is 37.0 Å². The van der Waals surface area contributed by atoms with E-state index in [1.807, 2.05) is 6.92 Å². The SMILES string of the molecule is C[C@H]1[C@H](/N=C(\Nc2ccc(OC(F)(F)F)cc2)N2CCCCC2)O[C@@H]2O[C@@]3(C)CC[C@H]4[C@H](C)CC[C@@H]1[C@@]24OO3. The highest BCUT2D eigenvalue weighted by molar-refractivity contribution is 5.93. The third-order valence-corrected chi connectivity index (χ3v) is 9.37. The van der Waals surface area contributed by atoms with Gasteiger partial charge in [0.2, 0.25) is 11.7 Å². The first-order chi connectivity index (χ1) is 18.6. The molecule has 7 rings (SSSR count). The Balaban J connectivity index is 1.29. The summed E-state index contributed by atoms with van der Waals surface area (Å²) in [6, 6.07) is 5.72. The zero-order valence-electron chi connectivity index (χ0n) is 22.7. The second-order valence-electron chi connectivity index (χ2n) is 12.0. The van der Waals surface area contributed by atoms with Gasteiger partial charge in [-0.15, -0.1) is 13.2 Å². The first-order valence-corrected chi connectivity index (χ1v) is 14.2. The van der Waals surface area contributed by atoms with Gasteiger partial charge in [-0.25, -0.2) is 14.8 Å². The van der Waals surface area contributed by atoms with E-state index in [9.17, 15) is 13.2 Å². The number of nitrogens with one attached hydrogen (secondary N) is 1. The standard InChI is InChI=1S/C28H38F3N3O5/c1-17-7-12-22-18(2)23(35-24-27(22)21(17)13-14-26(3,37-24)38-39-27)33-25(34-15-5-4-6-16-34)32-19-8-10-20(11-9-19)36-28(29,30)31/h8-11,17-18,21-24H,4-7,12-16H2,1-3H3,(H,32,33)/t17-,18-,21+,22+,23-,24-,26-,27-/m1/s1. The number of anilines is 1. The molecular formula is C28H38F3N3O5. The summed E-state index contributed by atoms with van der Waals surface area (Å²) in [6.45, 7) is 8.03. The highest BCUT2D eigenvalue weighted by Crippen LogP contribution is 2.60. The molecule has 1 spiro atoms. The Morgan fingerprint density at radius 3 is 2.49 bits per heavy atom. The maximum atomic E-state index is 12.6. The van der Waals surface area contributed by atoms with Gasteiger partial charge in [-0.05, 0) is 81.5 Å². The quantitative estimate of drug-likeness (QED) is 0.278. The summed E-state index contributed by atoms with van der Waals surface area (Å²) in [6.07, 6.45) is 1.21. The minimum atomic E-state index is -4.73. The third-order valence-electron chi connectivity index (χ3n) is 9.37. The highest BCUT2D eigenvalue weighted by atomic mass is 19.4. The normalized spacial score (nSPS) is 40.6. The summed E-state index contributed by atoms with van der Waals surface area (Å²) in [4.78, 5) is 19.5. The predicted molar refractivity (Wildman–Crippen MR) is 136 cm³/mol. The van der Waals surface area contributed by atoms with Crippen LogP contribution in [0, 0.1) is 23.7 Å². The van der Waals surface area contributed by atoms with Gasteiger partial charge in [0.05, 0.1) is 0 Å². The Labute approximate surface area is 227 Å². The van der Waals surface area contributed by atoms with Crippen molar-refractivity contribution in [3.8, 4) is 5.75 Å². The van der Waals surface area contributed by atoms with Crippen molar-refractivity contribution < 1.29 is 37.2 Å². The van der Waals surface area contributed by atoms with E-state index in [1.165, 1.54) is 12.1 Å². The number of benzene rings is 1. The Bertz CT molecular complexity index is 1070. The minimum Gasteiger partial charge on any atom is -0.406 e. The molecule has 5 aliphatic heterocycles. The monoisotopic (exact) mass is 553 g/mol. The molecule has 5 heterocycles. The number of nitrogens with zero attached hydrogens (tertiary/aromatic N) is 2. The van der Waals surface area contributed by atoms with Crippen LogP contribution in [0.5, 0.6) is 5.75 Å². The number of fused-ring (bicyclic) bond motifs is 2. The molecule has 5 saturated heterocycles. The van der Waals surface area contributed by atoms with Gasteiger partial charge in [0.1, 0.15) is 5.75 Å². The van der Waals surface area contributed by atoms with E-state index in [-0.39, 0.29) is 23.5 Å². The molecule has 1 aromatic carbocycles. The van der Waals surface area contributed by atoms with Gasteiger partial charge in [0.25, 0.3) is 0 Å². The molecule has 6 aliphatic rings. The summed E-state index contributed by atoms with van der Waals surface area (Å²) in [7, 11) is 0. The second kappa shape index (κ2) is 10.1. The van der Waals surface area contributed by atoms with E-state index in [0.717, 1.165) is 58.0 Å². The van der Waals surface area contributed by atoms with Crippen LogP contribution in [0.1, 0.15) is 65.7 Å². The fraction of sp³-hybridized carbons (Fsp3) is 0.750. The van der Waals surface area contributed by atoms with E-state index < -0.39 is 30.3 Å². The molecule has 1 N–H and O–H groups in total. The highest BCUT2D eigenvalue weighted by Gasteiger charge is 2.69. The lowest BCUT2D eigenvalue weighted by atomic mass is 9.58. The van der Waals surface area contributed by atoms with Crippen molar-refractivity contribution in [3.05, 3.63) is 24.3 Å². The van der Waals surface area contributed by atoms with E-state index in [1.54, 1.807) is 12.1 Å². The van der Waals surface area contributed by atoms with Crippen molar-refractivity contribution >= 4 is 11.6 Å². The Morgan fingerprint density at radius 1 is 1.03 bits per heavy atom. The molecule has 6 fully saturated rings. The second-order valence-corrected chi connectivity index (χ2v) is 12.0. The van der Waals surface area contributed by atoms with Gasteiger partial charge in [-0.2, -0.15) is 0 Å². The van der Waals surface area contributed by atoms with Crippen molar-refractivity contribution in [2.75, 3.05) is 18.4 Å². The summed E-state index contributed by atoms with van der Waals surface area (Å²) >= 11 is 0.